The minimum atomic E-state index is 0.260. The van der Waals surface area contributed by atoms with Gasteiger partial charge in [-0.3, -0.25) is 0 Å². The maximum atomic E-state index is 9.07. The van der Waals surface area contributed by atoms with Gasteiger partial charge in [0.15, 0.2) is 0 Å². The highest BCUT2D eigenvalue weighted by atomic mass is 16.3. The van der Waals surface area contributed by atoms with Crippen molar-refractivity contribution in [1.82, 2.24) is 5.32 Å². The average molecular weight is 260 g/mol. The third kappa shape index (κ3) is 6.37. The van der Waals surface area contributed by atoms with Crippen molar-refractivity contribution in [2.24, 2.45) is 11.8 Å². The molecule has 1 aromatic carbocycles. The number of hydrogen-bond donors (Lipinski definition) is 2. The smallest absolute Gasteiger partial charge is 0.0991 e. The van der Waals surface area contributed by atoms with Gasteiger partial charge in [-0.05, 0) is 48.9 Å². The second-order valence-corrected chi connectivity index (χ2v) is 5.45. The van der Waals surface area contributed by atoms with E-state index in [2.05, 4.69) is 25.2 Å². The molecule has 19 heavy (non-hydrogen) atoms. The van der Waals surface area contributed by atoms with E-state index in [1.165, 1.54) is 5.56 Å². The molecule has 0 heterocycles. The van der Waals surface area contributed by atoms with Crippen molar-refractivity contribution >= 4 is 0 Å². The number of aliphatic hydroxyl groups excluding tert-OH is 1. The average Bonchev–Trinajstić information content (AvgIpc) is 2.39. The second kappa shape index (κ2) is 8.68. The van der Waals surface area contributed by atoms with Crippen LogP contribution >= 0.6 is 0 Å². The largest absolute Gasteiger partial charge is 0.396 e. The fourth-order valence-corrected chi connectivity index (χ4v) is 2.27. The molecule has 1 aromatic rings. The molecule has 0 aliphatic carbocycles. The lowest BCUT2D eigenvalue weighted by Crippen LogP contribution is -2.24. The van der Waals surface area contributed by atoms with Crippen LogP contribution in [0.25, 0.3) is 0 Å². The molecule has 104 valence electrons. The first kappa shape index (κ1) is 15.7. The maximum absolute atomic E-state index is 9.07. The van der Waals surface area contributed by atoms with Crippen molar-refractivity contribution < 1.29 is 5.11 Å². The van der Waals surface area contributed by atoms with Crippen LogP contribution in [0.15, 0.2) is 24.3 Å². The van der Waals surface area contributed by atoms with Crippen molar-refractivity contribution in [3.63, 3.8) is 0 Å². The number of benzene rings is 1. The molecule has 1 atom stereocenters. The summed E-state index contributed by atoms with van der Waals surface area (Å²) in [5, 5.41) is 21.2. The molecule has 0 aromatic heterocycles. The van der Waals surface area contributed by atoms with Crippen LogP contribution in [0.2, 0.25) is 0 Å². The zero-order valence-electron chi connectivity index (χ0n) is 11.9. The minimum Gasteiger partial charge on any atom is -0.396 e. The Kier molecular flexibility index (Phi) is 7.17. The monoisotopic (exact) mass is 260 g/mol. The molecule has 0 radical (unpaired) electrons. The quantitative estimate of drug-likeness (QED) is 0.755. The lowest BCUT2D eigenvalue weighted by molar-refractivity contribution is 0.239. The van der Waals surface area contributed by atoms with Gasteiger partial charge in [0.25, 0.3) is 0 Å². The van der Waals surface area contributed by atoms with E-state index in [0.29, 0.717) is 17.4 Å². The van der Waals surface area contributed by atoms with Gasteiger partial charge in [-0.25, -0.2) is 0 Å². The topological polar surface area (TPSA) is 56.0 Å². The van der Waals surface area contributed by atoms with Crippen LogP contribution in [0, 0.1) is 23.2 Å². The highest BCUT2D eigenvalue weighted by Gasteiger charge is 2.10. The van der Waals surface area contributed by atoms with Crippen molar-refractivity contribution in [3.8, 4) is 6.07 Å². The molecule has 2 N–H and O–H groups in total. The summed E-state index contributed by atoms with van der Waals surface area (Å²) in [4.78, 5) is 0. The summed E-state index contributed by atoms with van der Waals surface area (Å²) in [6, 6.07) is 9.77. The predicted octanol–water partition coefficient (Wildman–Crippen LogP) is 2.69. The number of nitrogens with one attached hydrogen (secondary N) is 1. The summed E-state index contributed by atoms with van der Waals surface area (Å²) in [5.74, 6) is 1.19. The third-order valence-electron chi connectivity index (χ3n) is 3.19. The molecule has 1 unspecified atom stereocenters. The lowest BCUT2D eigenvalue weighted by Gasteiger charge is -2.18. The summed E-state index contributed by atoms with van der Waals surface area (Å²) in [6.07, 6.45) is 2.00. The Morgan fingerprint density at radius 3 is 2.47 bits per heavy atom. The highest BCUT2D eigenvalue weighted by Crippen LogP contribution is 2.14. The Bertz CT molecular complexity index is 392. The van der Waals surface area contributed by atoms with Crippen LogP contribution in [0.1, 0.15) is 37.8 Å². The van der Waals surface area contributed by atoms with Crippen LogP contribution in [0.5, 0.6) is 0 Å². The van der Waals surface area contributed by atoms with E-state index >= 15 is 0 Å². The van der Waals surface area contributed by atoms with E-state index in [1.54, 1.807) is 0 Å². The molecule has 0 aliphatic rings. The molecular weight excluding hydrogens is 236 g/mol. The summed E-state index contributed by atoms with van der Waals surface area (Å²) in [6.45, 7) is 6.43. The summed E-state index contributed by atoms with van der Waals surface area (Å²) in [5.41, 5.74) is 1.88. The Labute approximate surface area is 116 Å². The molecule has 0 saturated carbocycles. The fourth-order valence-electron chi connectivity index (χ4n) is 2.27. The highest BCUT2D eigenvalue weighted by molar-refractivity contribution is 5.31. The SMILES string of the molecule is CC(C)CC(CCO)CNCc1ccc(C#N)cc1. The zero-order chi connectivity index (χ0) is 14.1. The lowest BCUT2D eigenvalue weighted by atomic mass is 9.94. The Hall–Kier alpha value is -1.37. The van der Waals surface area contributed by atoms with E-state index in [1.807, 2.05) is 24.3 Å². The summed E-state index contributed by atoms with van der Waals surface area (Å²) >= 11 is 0. The van der Waals surface area contributed by atoms with Crippen molar-refractivity contribution in [2.75, 3.05) is 13.2 Å². The number of rotatable bonds is 8. The second-order valence-electron chi connectivity index (χ2n) is 5.45. The molecule has 1 rings (SSSR count). The van der Waals surface area contributed by atoms with E-state index < -0.39 is 0 Å². The van der Waals surface area contributed by atoms with Gasteiger partial charge in [0.2, 0.25) is 0 Å². The molecule has 0 saturated heterocycles. The van der Waals surface area contributed by atoms with Gasteiger partial charge >= 0.3 is 0 Å². The van der Waals surface area contributed by atoms with Gasteiger partial charge < -0.3 is 10.4 Å². The van der Waals surface area contributed by atoms with E-state index in [4.69, 9.17) is 10.4 Å². The van der Waals surface area contributed by atoms with Gasteiger partial charge in [0.05, 0.1) is 11.6 Å². The first-order valence-electron chi connectivity index (χ1n) is 6.96. The zero-order valence-corrected chi connectivity index (χ0v) is 11.9. The molecule has 0 spiro atoms. The number of nitriles is 1. The first-order chi connectivity index (χ1) is 9.15. The summed E-state index contributed by atoms with van der Waals surface area (Å²) in [7, 11) is 0. The third-order valence-corrected chi connectivity index (χ3v) is 3.19. The molecule has 0 aliphatic heterocycles. The Morgan fingerprint density at radius 1 is 1.26 bits per heavy atom. The molecule has 0 fully saturated rings. The van der Waals surface area contributed by atoms with Crippen LogP contribution in [-0.2, 0) is 6.54 Å². The van der Waals surface area contributed by atoms with Gasteiger partial charge in [0, 0.05) is 13.2 Å². The van der Waals surface area contributed by atoms with Crippen molar-refractivity contribution in [2.45, 2.75) is 33.2 Å². The number of hydrogen-bond acceptors (Lipinski definition) is 3. The molecule has 3 heteroatoms. The fraction of sp³-hybridized carbons (Fsp3) is 0.562. The molecule has 0 amide bonds. The van der Waals surface area contributed by atoms with Crippen molar-refractivity contribution in [3.05, 3.63) is 35.4 Å². The van der Waals surface area contributed by atoms with Crippen LogP contribution in [0.4, 0.5) is 0 Å². The standard InChI is InChI=1S/C16H24N2O/c1-13(2)9-16(7-8-19)12-18-11-15-5-3-14(10-17)4-6-15/h3-6,13,16,18-19H,7-9,11-12H2,1-2H3. The van der Waals surface area contributed by atoms with Gasteiger partial charge in [-0.1, -0.05) is 26.0 Å². The minimum absolute atomic E-state index is 0.260. The van der Waals surface area contributed by atoms with E-state index in [0.717, 1.165) is 25.9 Å². The normalized spacial score (nSPS) is 12.4. The van der Waals surface area contributed by atoms with Gasteiger partial charge in [-0.15, -0.1) is 0 Å². The van der Waals surface area contributed by atoms with Crippen LogP contribution < -0.4 is 5.32 Å². The number of nitrogens with zero attached hydrogens (tertiary/aromatic N) is 1. The maximum Gasteiger partial charge on any atom is 0.0991 e. The molecule has 3 nitrogen and oxygen atoms in total. The van der Waals surface area contributed by atoms with E-state index in [-0.39, 0.29) is 6.61 Å². The molecule has 0 bridgehead atoms. The van der Waals surface area contributed by atoms with Crippen LogP contribution in [-0.4, -0.2) is 18.3 Å². The Morgan fingerprint density at radius 2 is 1.95 bits per heavy atom. The van der Waals surface area contributed by atoms with Gasteiger partial charge in [-0.2, -0.15) is 5.26 Å². The summed E-state index contributed by atoms with van der Waals surface area (Å²) < 4.78 is 0. The van der Waals surface area contributed by atoms with E-state index in [9.17, 15) is 0 Å². The Balaban J connectivity index is 2.36. The number of aliphatic hydroxyl groups is 1. The van der Waals surface area contributed by atoms with Crippen LogP contribution in [0.3, 0.4) is 0 Å². The first-order valence-corrected chi connectivity index (χ1v) is 6.96. The van der Waals surface area contributed by atoms with Gasteiger partial charge in [0.1, 0.15) is 0 Å². The van der Waals surface area contributed by atoms with Crippen molar-refractivity contribution in [1.29, 1.82) is 5.26 Å². The predicted molar refractivity (Wildman–Crippen MR) is 77.5 cm³/mol. The molecular formula is C16H24N2O.